The van der Waals surface area contributed by atoms with Gasteiger partial charge in [-0.2, -0.15) is 10.2 Å². The van der Waals surface area contributed by atoms with Crippen LogP contribution in [-0.2, 0) is 6.42 Å². The van der Waals surface area contributed by atoms with Crippen molar-refractivity contribution in [3.8, 4) is 5.88 Å². The van der Waals surface area contributed by atoms with Crippen molar-refractivity contribution in [1.82, 2.24) is 25.1 Å². The molecule has 5 rings (SSSR count). The van der Waals surface area contributed by atoms with Crippen molar-refractivity contribution >= 4 is 17.6 Å². The molecule has 0 aromatic carbocycles. The van der Waals surface area contributed by atoms with Crippen LogP contribution in [0.25, 0.3) is 0 Å². The highest BCUT2D eigenvalue weighted by atomic mass is 19.1. The van der Waals surface area contributed by atoms with Crippen LogP contribution < -0.4 is 9.64 Å². The minimum atomic E-state index is -1.42. The van der Waals surface area contributed by atoms with Gasteiger partial charge in [0.1, 0.15) is 18.2 Å². The summed E-state index contributed by atoms with van der Waals surface area (Å²) < 4.78 is 21.6. The molecule has 2 aliphatic heterocycles. The van der Waals surface area contributed by atoms with E-state index in [2.05, 4.69) is 20.2 Å². The van der Waals surface area contributed by atoms with Gasteiger partial charge in [-0.1, -0.05) is 6.92 Å². The number of alkyl halides is 1. The zero-order valence-electron chi connectivity index (χ0n) is 17.5. The molecule has 3 aliphatic rings. The summed E-state index contributed by atoms with van der Waals surface area (Å²) >= 11 is 0. The molecule has 2 aromatic heterocycles. The predicted molar refractivity (Wildman–Crippen MR) is 109 cm³/mol. The van der Waals surface area contributed by atoms with Gasteiger partial charge in [-0.25, -0.2) is 19.2 Å². The normalized spacial score (nSPS) is 26.5. The van der Waals surface area contributed by atoms with Crippen molar-refractivity contribution in [1.29, 1.82) is 0 Å². The van der Waals surface area contributed by atoms with Gasteiger partial charge >= 0.3 is 6.09 Å². The van der Waals surface area contributed by atoms with E-state index in [1.54, 1.807) is 6.20 Å². The highest BCUT2D eigenvalue weighted by molar-refractivity contribution is 5.68. The lowest BCUT2D eigenvalue weighted by molar-refractivity contribution is -0.0390. The monoisotopic (exact) mass is 428 g/mol. The largest absolute Gasteiger partial charge is 0.471 e. The summed E-state index contributed by atoms with van der Waals surface area (Å²) in [6.45, 7) is 4.77. The molecule has 3 atom stereocenters. The van der Waals surface area contributed by atoms with Crippen LogP contribution in [0.4, 0.5) is 20.7 Å². The number of anilines is 2. The van der Waals surface area contributed by atoms with Gasteiger partial charge in [0.25, 0.3) is 0 Å². The molecule has 10 heteroatoms. The molecule has 1 saturated heterocycles. The maximum atomic E-state index is 15.6. The van der Waals surface area contributed by atoms with E-state index in [4.69, 9.17) is 4.74 Å². The van der Waals surface area contributed by atoms with Gasteiger partial charge in [-0.15, -0.1) is 0 Å². The smallest absolute Gasteiger partial charge is 0.407 e. The molecular formula is C21H25FN6O3. The van der Waals surface area contributed by atoms with Crippen LogP contribution in [0.15, 0.2) is 18.6 Å². The van der Waals surface area contributed by atoms with Crippen LogP contribution in [0, 0.1) is 12.3 Å². The van der Waals surface area contributed by atoms with E-state index in [0.717, 1.165) is 30.6 Å². The standard InChI is InChI=1S/C21H25FN6O3/c1-12-18(27-9-4-13-14(27)3-8-25-26-13)23-11-24-19(12)31-15-5-10-28(20(29)30)17(16(15)22)21(2)6-7-21/h3,8,11,15-17H,4-7,9-10H2,1-2H3,(H,29,30)/t15-,16-,17?/m1/s1. The number of nitrogens with zero attached hydrogens (tertiary/aromatic N) is 6. The van der Waals surface area contributed by atoms with Crippen molar-refractivity contribution in [3.63, 3.8) is 0 Å². The van der Waals surface area contributed by atoms with E-state index >= 15 is 4.39 Å². The fraction of sp³-hybridized carbons (Fsp3) is 0.571. The lowest BCUT2D eigenvalue weighted by Gasteiger charge is -2.43. The zero-order valence-corrected chi connectivity index (χ0v) is 17.5. The quantitative estimate of drug-likeness (QED) is 0.793. The number of fused-ring (bicyclic) bond motifs is 1. The number of rotatable bonds is 4. The van der Waals surface area contributed by atoms with Crippen molar-refractivity contribution < 1.29 is 19.0 Å². The summed E-state index contributed by atoms with van der Waals surface area (Å²) in [5, 5.41) is 17.7. The maximum Gasteiger partial charge on any atom is 0.407 e. The van der Waals surface area contributed by atoms with E-state index in [1.807, 2.05) is 24.8 Å². The van der Waals surface area contributed by atoms with Crippen molar-refractivity contribution in [3.05, 3.63) is 29.8 Å². The summed E-state index contributed by atoms with van der Waals surface area (Å²) in [7, 11) is 0. The molecule has 31 heavy (non-hydrogen) atoms. The average Bonchev–Trinajstić information content (AvgIpc) is 3.35. The molecule has 0 spiro atoms. The summed E-state index contributed by atoms with van der Waals surface area (Å²) in [6, 6.07) is 1.20. The summed E-state index contributed by atoms with van der Waals surface area (Å²) in [6.07, 6.45) is 2.51. The number of amides is 1. The maximum absolute atomic E-state index is 15.6. The van der Waals surface area contributed by atoms with E-state index in [0.29, 0.717) is 23.8 Å². The molecular weight excluding hydrogens is 403 g/mol. The molecule has 9 nitrogen and oxygen atoms in total. The second-order valence-corrected chi connectivity index (χ2v) is 8.86. The molecule has 0 bridgehead atoms. The first-order valence-corrected chi connectivity index (χ1v) is 10.6. The molecule has 1 N–H and O–H groups in total. The molecule has 4 heterocycles. The number of ether oxygens (including phenoxy) is 1. The summed E-state index contributed by atoms with van der Waals surface area (Å²) in [5.74, 6) is 1.03. The fourth-order valence-corrected chi connectivity index (χ4v) is 4.83. The fourth-order valence-electron chi connectivity index (χ4n) is 4.83. The van der Waals surface area contributed by atoms with Gasteiger partial charge in [0.2, 0.25) is 5.88 Å². The Morgan fingerprint density at radius 1 is 1.32 bits per heavy atom. The minimum Gasteiger partial charge on any atom is -0.471 e. The Balaban J connectivity index is 1.40. The van der Waals surface area contributed by atoms with Crippen LogP contribution in [0.1, 0.15) is 37.4 Å². The topological polar surface area (TPSA) is 105 Å². The Bertz CT molecular complexity index is 1020. The van der Waals surface area contributed by atoms with Gasteiger partial charge in [-0.3, -0.25) is 0 Å². The van der Waals surface area contributed by atoms with E-state index < -0.39 is 24.4 Å². The Morgan fingerprint density at radius 3 is 2.87 bits per heavy atom. The van der Waals surface area contributed by atoms with Crippen molar-refractivity contribution in [2.24, 2.45) is 5.41 Å². The lowest BCUT2D eigenvalue weighted by Crippen LogP contribution is -2.59. The molecule has 164 valence electrons. The van der Waals surface area contributed by atoms with Crippen LogP contribution in [0.2, 0.25) is 0 Å². The number of hydrogen-bond donors (Lipinski definition) is 1. The second kappa shape index (κ2) is 7.28. The van der Waals surface area contributed by atoms with Gasteiger partial charge in [0, 0.05) is 25.9 Å². The van der Waals surface area contributed by atoms with E-state index in [-0.39, 0.29) is 18.4 Å². The second-order valence-electron chi connectivity index (χ2n) is 8.86. The molecule has 2 fully saturated rings. The highest BCUT2D eigenvalue weighted by Crippen LogP contribution is 2.53. The molecule has 1 saturated carbocycles. The number of halogens is 1. The van der Waals surface area contributed by atoms with Crippen molar-refractivity contribution in [2.45, 2.75) is 57.8 Å². The Labute approximate surface area is 179 Å². The van der Waals surface area contributed by atoms with E-state index in [9.17, 15) is 9.90 Å². The van der Waals surface area contributed by atoms with Gasteiger partial charge in [0.15, 0.2) is 6.17 Å². The van der Waals surface area contributed by atoms with Crippen LogP contribution in [0.5, 0.6) is 5.88 Å². The summed E-state index contributed by atoms with van der Waals surface area (Å²) in [4.78, 5) is 23.7. The number of hydrogen-bond acceptors (Lipinski definition) is 7. The van der Waals surface area contributed by atoms with Gasteiger partial charge in [0.05, 0.1) is 29.2 Å². The predicted octanol–water partition coefficient (Wildman–Crippen LogP) is 2.91. The molecule has 1 amide bonds. The SMILES string of the molecule is Cc1c(O[C@@H]2CCN(C(=O)O)C(C3(C)CC3)[C@@H]2F)ncnc1N1CCc2nnccc21. The molecule has 2 aromatic rings. The van der Waals surface area contributed by atoms with E-state index in [1.165, 1.54) is 11.2 Å². The van der Waals surface area contributed by atoms with Crippen LogP contribution in [-0.4, -0.2) is 67.7 Å². The van der Waals surface area contributed by atoms with Crippen molar-refractivity contribution in [2.75, 3.05) is 18.0 Å². The Kier molecular flexibility index (Phi) is 4.67. The first kappa shape index (κ1) is 19.9. The lowest BCUT2D eigenvalue weighted by atomic mass is 9.86. The Morgan fingerprint density at radius 2 is 2.13 bits per heavy atom. The van der Waals surface area contributed by atoms with Gasteiger partial charge < -0.3 is 19.6 Å². The number of piperidine rings is 1. The third kappa shape index (κ3) is 3.34. The highest BCUT2D eigenvalue weighted by Gasteiger charge is 2.56. The molecule has 0 radical (unpaired) electrons. The number of carbonyl (C=O) groups is 1. The number of likely N-dealkylation sites (tertiary alicyclic amines) is 1. The number of aromatic nitrogens is 4. The summed E-state index contributed by atoms with van der Waals surface area (Å²) in [5.41, 5.74) is 2.25. The third-order valence-electron chi connectivity index (χ3n) is 6.81. The minimum absolute atomic E-state index is 0.246. The number of carboxylic acid groups (broad SMARTS) is 1. The van der Waals surface area contributed by atoms with Gasteiger partial charge in [-0.05, 0) is 31.2 Å². The van der Waals surface area contributed by atoms with Crippen LogP contribution >= 0.6 is 0 Å². The van der Waals surface area contributed by atoms with Crippen LogP contribution in [0.3, 0.4) is 0 Å². The molecule has 1 aliphatic carbocycles. The first-order chi connectivity index (χ1) is 14.9. The molecule has 1 unspecified atom stereocenters. The third-order valence-corrected chi connectivity index (χ3v) is 6.81. The Hall–Kier alpha value is -3.04. The zero-order chi connectivity index (χ0) is 21.8. The first-order valence-electron chi connectivity index (χ1n) is 10.6. The average molecular weight is 428 g/mol.